The normalized spacial score (nSPS) is 9.93. The van der Waals surface area contributed by atoms with Crippen LogP contribution in [0.4, 0.5) is 5.69 Å². The van der Waals surface area contributed by atoms with Crippen molar-refractivity contribution in [2.75, 3.05) is 5.48 Å². The lowest BCUT2D eigenvalue weighted by atomic mass is 10.1. The molecule has 0 radical (unpaired) electrons. The Kier molecular flexibility index (Phi) is 4.16. The van der Waals surface area contributed by atoms with Gasteiger partial charge in [0.1, 0.15) is 0 Å². The van der Waals surface area contributed by atoms with Crippen molar-refractivity contribution in [1.29, 1.82) is 0 Å². The lowest BCUT2D eigenvalue weighted by Crippen LogP contribution is -1.95. The first-order chi connectivity index (χ1) is 7.30. The van der Waals surface area contributed by atoms with Crippen molar-refractivity contribution < 1.29 is 4.94 Å². The van der Waals surface area contributed by atoms with Gasteiger partial charge in [0.05, 0.1) is 5.69 Å². The minimum atomic E-state index is 0.813. The molecule has 78 valence electrons. The molecule has 0 aliphatic carbocycles. The first kappa shape index (κ1) is 11.0. The third-order valence-corrected chi connectivity index (χ3v) is 1.80. The Morgan fingerprint density at radius 2 is 2.07 bits per heavy atom. The highest BCUT2D eigenvalue weighted by atomic mass is 16.8. The summed E-state index contributed by atoms with van der Waals surface area (Å²) in [6.07, 6.45) is 5.75. The van der Waals surface area contributed by atoms with Gasteiger partial charge in [0, 0.05) is 6.72 Å². The Morgan fingerprint density at radius 1 is 1.33 bits per heavy atom. The van der Waals surface area contributed by atoms with E-state index < -0.39 is 0 Å². The Balaban J connectivity index is 2.99. The molecule has 0 heterocycles. The molecule has 0 saturated carbocycles. The maximum Gasteiger partial charge on any atom is 0.0753 e. The Hall–Kier alpha value is -2.03. The molecule has 0 bridgehead atoms. The van der Waals surface area contributed by atoms with Gasteiger partial charge in [0.2, 0.25) is 0 Å². The molecule has 1 rings (SSSR count). The quantitative estimate of drug-likeness (QED) is 0.587. The number of anilines is 1. The number of hydrogen-bond acceptors (Lipinski definition) is 3. The first-order valence-corrected chi connectivity index (χ1v) is 4.58. The molecule has 0 atom stereocenters. The van der Waals surface area contributed by atoms with Gasteiger partial charge in [-0.3, -0.25) is 4.94 Å². The number of rotatable bonds is 5. The smallest absolute Gasteiger partial charge is 0.0753 e. The van der Waals surface area contributed by atoms with Crippen LogP contribution in [-0.4, -0.2) is 6.72 Å². The number of hydrogen-bond donors (Lipinski definition) is 1. The molecule has 3 heteroatoms. The van der Waals surface area contributed by atoms with Crippen LogP contribution in [0.5, 0.6) is 0 Å². The average Bonchev–Trinajstić information content (AvgIpc) is 2.26. The van der Waals surface area contributed by atoms with Crippen LogP contribution < -0.4 is 5.48 Å². The van der Waals surface area contributed by atoms with Crippen LogP contribution in [0.1, 0.15) is 18.1 Å². The molecule has 0 aliphatic heterocycles. The second-order valence-electron chi connectivity index (χ2n) is 2.91. The van der Waals surface area contributed by atoms with E-state index in [2.05, 4.69) is 28.9 Å². The second kappa shape index (κ2) is 5.65. The monoisotopic (exact) mass is 202 g/mol. The predicted molar refractivity (Wildman–Crippen MR) is 65.5 cm³/mol. The van der Waals surface area contributed by atoms with Crippen LogP contribution in [0.15, 0.2) is 36.0 Å². The predicted octanol–water partition coefficient (Wildman–Crippen LogP) is 3.32. The van der Waals surface area contributed by atoms with Gasteiger partial charge >= 0.3 is 0 Å². The van der Waals surface area contributed by atoms with E-state index in [1.807, 2.05) is 37.3 Å². The van der Waals surface area contributed by atoms with Crippen LogP contribution in [0.25, 0.3) is 12.2 Å². The fraction of sp³-hybridized carbons (Fsp3) is 0.0833. The van der Waals surface area contributed by atoms with Crippen LogP contribution in [0.2, 0.25) is 0 Å². The van der Waals surface area contributed by atoms with E-state index >= 15 is 0 Å². The molecule has 0 amide bonds. The van der Waals surface area contributed by atoms with Crippen LogP contribution in [-0.2, 0) is 4.94 Å². The van der Waals surface area contributed by atoms with E-state index in [-0.39, 0.29) is 0 Å². The summed E-state index contributed by atoms with van der Waals surface area (Å²) in [5.41, 5.74) is 5.56. The molecule has 15 heavy (non-hydrogen) atoms. The van der Waals surface area contributed by atoms with Crippen molar-refractivity contribution in [2.24, 2.45) is 5.16 Å². The summed E-state index contributed by atoms with van der Waals surface area (Å²) in [5.74, 6) is 0. The summed E-state index contributed by atoms with van der Waals surface area (Å²) in [6, 6.07) is 5.88. The molecular weight excluding hydrogens is 188 g/mol. The zero-order chi connectivity index (χ0) is 11.1. The summed E-state index contributed by atoms with van der Waals surface area (Å²) in [6.45, 7) is 8.90. The molecule has 0 aliphatic rings. The molecule has 1 N–H and O–H groups in total. The fourth-order valence-electron chi connectivity index (χ4n) is 1.23. The average molecular weight is 202 g/mol. The summed E-state index contributed by atoms with van der Waals surface area (Å²) in [7, 11) is 0. The zero-order valence-electron chi connectivity index (χ0n) is 8.73. The number of nitrogens with zero attached hydrogens (tertiary/aromatic N) is 1. The molecule has 0 saturated heterocycles. The highest BCUT2D eigenvalue weighted by Crippen LogP contribution is 2.17. The largest absolute Gasteiger partial charge is 0.271 e. The third kappa shape index (κ3) is 3.31. The second-order valence-corrected chi connectivity index (χ2v) is 2.91. The van der Waals surface area contributed by atoms with Crippen molar-refractivity contribution in [3.8, 4) is 0 Å². The van der Waals surface area contributed by atoms with Crippen molar-refractivity contribution in [2.45, 2.75) is 6.92 Å². The minimum Gasteiger partial charge on any atom is -0.271 e. The van der Waals surface area contributed by atoms with E-state index in [4.69, 9.17) is 0 Å². The summed E-state index contributed by atoms with van der Waals surface area (Å²) in [5, 5.41) is 3.26. The molecule has 0 unspecified atom stereocenters. The van der Waals surface area contributed by atoms with E-state index in [9.17, 15) is 0 Å². The van der Waals surface area contributed by atoms with E-state index in [0.717, 1.165) is 16.8 Å². The molecule has 0 aromatic heterocycles. The van der Waals surface area contributed by atoms with Gasteiger partial charge in [0.25, 0.3) is 0 Å². The van der Waals surface area contributed by atoms with Gasteiger partial charge in [-0.25, -0.2) is 0 Å². The number of nitrogens with one attached hydrogen (secondary N) is 1. The number of benzene rings is 1. The van der Waals surface area contributed by atoms with E-state index in [1.54, 1.807) is 6.08 Å². The van der Waals surface area contributed by atoms with Gasteiger partial charge in [0.15, 0.2) is 0 Å². The maximum absolute atomic E-state index is 4.66. The van der Waals surface area contributed by atoms with Gasteiger partial charge in [-0.05, 0) is 36.2 Å². The topological polar surface area (TPSA) is 33.6 Å². The van der Waals surface area contributed by atoms with E-state index in [0.29, 0.717) is 0 Å². The van der Waals surface area contributed by atoms with Gasteiger partial charge in [-0.15, -0.1) is 0 Å². The highest BCUT2D eigenvalue weighted by Gasteiger charge is 1.96. The number of oxime groups is 1. The van der Waals surface area contributed by atoms with Gasteiger partial charge in [-0.2, -0.15) is 5.48 Å². The lowest BCUT2D eigenvalue weighted by Gasteiger charge is -2.05. The molecule has 0 fully saturated rings. The van der Waals surface area contributed by atoms with E-state index in [1.165, 1.54) is 0 Å². The first-order valence-electron chi connectivity index (χ1n) is 4.58. The SMILES string of the molecule is C=Cc1cc(C=CC)cc(NON=C)c1. The van der Waals surface area contributed by atoms with Crippen molar-refractivity contribution in [3.63, 3.8) is 0 Å². The Morgan fingerprint density at radius 3 is 2.67 bits per heavy atom. The lowest BCUT2D eigenvalue weighted by molar-refractivity contribution is 0.211. The minimum absolute atomic E-state index is 0.813. The maximum atomic E-state index is 4.66. The van der Waals surface area contributed by atoms with Gasteiger partial charge < -0.3 is 0 Å². The van der Waals surface area contributed by atoms with Crippen LogP contribution in [0.3, 0.4) is 0 Å². The molecule has 1 aromatic rings. The molecule has 1 aromatic carbocycles. The van der Waals surface area contributed by atoms with Crippen LogP contribution in [0, 0.1) is 0 Å². The molecule has 0 spiro atoms. The summed E-state index contributed by atoms with van der Waals surface area (Å²) < 4.78 is 0. The summed E-state index contributed by atoms with van der Waals surface area (Å²) in [4.78, 5) is 4.66. The van der Waals surface area contributed by atoms with Gasteiger partial charge in [-0.1, -0.05) is 30.0 Å². The Labute approximate surface area is 89.7 Å². The zero-order valence-corrected chi connectivity index (χ0v) is 8.73. The fourth-order valence-corrected chi connectivity index (χ4v) is 1.23. The Bertz CT molecular complexity index is 383. The molecule has 3 nitrogen and oxygen atoms in total. The van der Waals surface area contributed by atoms with Crippen LogP contribution >= 0.6 is 0 Å². The van der Waals surface area contributed by atoms with Crippen molar-refractivity contribution in [1.82, 2.24) is 0 Å². The summed E-state index contributed by atoms with van der Waals surface area (Å²) >= 11 is 0. The highest BCUT2D eigenvalue weighted by molar-refractivity contribution is 5.64. The number of allylic oxidation sites excluding steroid dienone is 1. The van der Waals surface area contributed by atoms with Crippen molar-refractivity contribution >= 4 is 24.6 Å². The standard InChI is InChI=1S/C12H14N2O/c1-4-6-11-7-10(5-2)8-12(9-11)14-15-13-3/h4-9,14H,2-3H2,1H3. The third-order valence-electron chi connectivity index (χ3n) is 1.80. The molecular formula is C12H14N2O. The van der Waals surface area contributed by atoms with Crippen molar-refractivity contribution in [3.05, 3.63) is 42.0 Å².